The van der Waals surface area contributed by atoms with Crippen LogP contribution in [-0.2, 0) is 16.0 Å². The molecule has 0 aromatic heterocycles. The van der Waals surface area contributed by atoms with E-state index in [0.29, 0.717) is 12.1 Å². The molecule has 2 amide bonds. The average molecular weight is 262 g/mol. The van der Waals surface area contributed by atoms with Crippen molar-refractivity contribution in [3.63, 3.8) is 0 Å². The van der Waals surface area contributed by atoms with Gasteiger partial charge < -0.3 is 20.9 Å². The molecule has 19 heavy (non-hydrogen) atoms. The average Bonchev–Trinajstić information content (AvgIpc) is 2.66. The number of rotatable bonds is 3. The van der Waals surface area contributed by atoms with Crippen LogP contribution in [0.2, 0.25) is 0 Å². The number of benzene rings is 1. The van der Waals surface area contributed by atoms with E-state index in [-0.39, 0.29) is 18.4 Å². The van der Waals surface area contributed by atoms with Gasteiger partial charge in [0.15, 0.2) is 0 Å². The maximum Gasteiger partial charge on any atom is 0.241 e. The SMILES string of the molecule is CN(C)C(=O)CN(C)c1cc2c(cc1N)CC(=O)N2. The molecule has 0 atom stereocenters. The first-order valence-corrected chi connectivity index (χ1v) is 6.02. The van der Waals surface area contributed by atoms with Crippen LogP contribution in [0.5, 0.6) is 0 Å². The summed E-state index contributed by atoms with van der Waals surface area (Å²) in [6, 6.07) is 3.61. The molecule has 1 aromatic carbocycles. The Bertz CT molecular complexity index is 540. The first kappa shape index (κ1) is 13.2. The van der Waals surface area contributed by atoms with Crippen molar-refractivity contribution in [3.8, 4) is 0 Å². The molecule has 0 spiro atoms. The molecule has 1 aromatic rings. The van der Waals surface area contributed by atoms with Gasteiger partial charge in [0.05, 0.1) is 24.3 Å². The number of anilines is 3. The van der Waals surface area contributed by atoms with Crippen molar-refractivity contribution in [2.75, 3.05) is 43.6 Å². The molecule has 0 saturated carbocycles. The van der Waals surface area contributed by atoms with Gasteiger partial charge in [-0.05, 0) is 17.7 Å². The van der Waals surface area contributed by atoms with Crippen molar-refractivity contribution in [1.29, 1.82) is 0 Å². The van der Waals surface area contributed by atoms with E-state index in [1.807, 2.05) is 6.07 Å². The number of amides is 2. The monoisotopic (exact) mass is 262 g/mol. The lowest BCUT2D eigenvalue weighted by molar-refractivity contribution is -0.127. The Labute approximate surface area is 112 Å². The number of carbonyl (C=O) groups is 2. The highest BCUT2D eigenvalue weighted by Crippen LogP contribution is 2.33. The highest BCUT2D eigenvalue weighted by Gasteiger charge is 2.21. The second-order valence-corrected chi connectivity index (χ2v) is 4.94. The fourth-order valence-electron chi connectivity index (χ4n) is 2.04. The van der Waals surface area contributed by atoms with Gasteiger partial charge in [-0.3, -0.25) is 9.59 Å². The van der Waals surface area contributed by atoms with Gasteiger partial charge in [0.2, 0.25) is 11.8 Å². The van der Waals surface area contributed by atoms with Crippen LogP contribution in [0.3, 0.4) is 0 Å². The van der Waals surface area contributed by atoms with Crippen LogP contribution in [0.1, 0.15) is 5.56 Å². The van der Waals surface area contributed by atoms with Crippen LogP contribution >= 0.6 is 0 Å². The van der Waals surface area contributed by atoms with Crippen LogP contribution in [0.15, 0.2) is 12.1 Å². The van der Waals surface area contributed by atoms with Gasteiger partial charge in [-0.25, -0.2) is 0 Å². The lowest BCUT2D eigenvalue weighted by Gasteiger charge is -2.23. The van der Waals surface area contributed by atoms with E-state index in [1.54, 1.807) is 32.1 Å². The Morgan fingerprint density at radius 3 is 2.68 bits per heavy atom. The molecular formula is C13H18N4O2. The van der Waals surface area contributed by atoms with Gasteiger partial charge in [-0.1, -0.05) is 0 Å². The first-order valence-electron chi connectivity index (χ1n) is 6.02. The molecule has 1 aliphatic rings. The van der Waals surface area contributed by atoms with E-state index in [0.717, 1.165) is 16.9 Å². The molecule has 2 rings (SSSR count). The molecule has 6 heteroatoms. The van der Waals surface area contributed by atoms with Gasteiger partial charge in [-0.15, -0.1) is 0 Å². The second-order valence-electron chi connectivity index (χ2n) is 4.94. The van der Waals surface area contributed by atoms with E-state index in [4.69, 9.17) is 5.73 Å². The molecule has 0 fully saturated rings. The zero-order chi connectivity index (χ0) is 14.2. The fraction of sp³-hybridized carbons (Fsp3) is 0.385. The molecule has 0 unspecified atom stereocenters. The van der Waals surface area contributed by atoms with Crippen LogP contribution < -0.4 is 16.0 Å². The van der Waals surface area contributed by atoms with Crippen LogP contribution in [0.4, 0.5) is 17.1 Å². The molecule has 3 N–H and O–H groups in total. The van der Waals surface area contributed by atoms with Crippen molar-refractivity contribution < 1.29 is 9.59 Å². The molecule has 0 aliphatic carbocycles. The van der Waals surface area contributed by atoms with Gasteiger partial charge >= 0.3 is 0 Å². The third-order valence-electron chi connectivity index (χ3n) is 3.16. The number of nitrogens with zero attached hydrogens (tertiary/aromatic N) is 2. The van der Waals surface area contributed by atoms with E-state index in [9.17, 15) is 9.59 Å². The summed E-state index contributed by atoms with van der Waals surface area (Å²) in [4.78, 5) is 26.3. The number of fused-ring (bicyclic) bond motifs is 1. The molecule has 0 radical (unpaired) electrons. The van der Waals surface area contributed by atoms with Crippen molar-refractivity contribution in [2.45, 2.75) is 6.42 Å². The molecule has 102 valence electrons. The predicted molar refractivity (Wildman–Crippen MR) is 75.2 cm³/mol. The van der Waals surface area contributed by atoms with Gasteiger partial charge in [0.1, 0.15) is 0 Å². The topological polar surface area (TPSA) is 78.7 Å². The van der Waals surface area contributed by atoms with Crippen LogP contribution in [-0.4, -0.2) is 44.4 Å². The summed E-state index contributed by atoms with van der Waals surface area (Å²) >= 11 is 0. The van der Waals surface area contributed by atoms with Crippen LogP contribution in [0.25, 0.3) is 0 Å². The van der Waals surface area contributed by atoms with E-state index in [1.165, 1.54) is 4.90 Å². The molecule has 6 nitrogen and oxygen atoms in total. The number of nitrogen functional groups attached to an aromatic ring is 1. The minimum absolute atomic E-state index is 0.00793. The summed E-state index contributed by atoms with van der Waals surface area (Å²) < 4.78 is 0. The summed E-state index contributed by atoms with van der Waals surface area (Å²) in [5, 5.41) is 2.78. The molecule has 1 aliphatic heterocycles. The molecular weight excluding hydrogens is 244 g/mol. The summed E-state index contributed by atoms with van der Waals surface area (Å²) in [5.41, 5.74) is 8.98. The standard InChI is InChI=1S/C13H18N4O2/c1-16(2)13(19)7-17(3)11-6-10-8(4-9(11)14)5-12(18)15-10/h4,6H,5,7,14H2,1-3H3,(H,15,18). The fourth-order valence-corrected chi connectivity index (χ4v) is 2.04. The normalized spacial score (nSPS) is 12.9. The maximum absolute atomic E-state index is 11.7. The summed E-state index contributed by atoms with van der Waals surface area (Å²) in [7, 11) is 5.22. The number of hydrogen-bond donors (Lipinski definition) is 2. The Morgan fingerprint density at radius 1 is 1.37 bits per heavy atom. The smallest absolute Gasteiger partial charge is 0.241 e. The first-order chi connectivity index (χ1) is 8.88. The third kappa shape index (κ3) is 2.62. The van der Waals surface area contributed by atoms with Crippen molar-refractivity contribution in [3.05, 3.63) is 17.7 Å². The molecule has 0 saturated heterocycles. The third-order valence-corrected chi connectivity index (χ3v) is 3.16. The van der Waals surface area contributed by atoms with Gasteiger partial charge in [-0.2, -0.15) is 0 Å². The Hall–Kier alpha value is -2.24. The van der Waals surface area contributed by atoms with E-state index < -0.39 is 0 Å². The summed E-state index contributed by atoms with van der Waals surface area (Å²) in [6.07, 6.45) is 0.361. The summed E-state index contributed by atoms with van der Waals surface area (Å²) in [5.74, 6) is -0.0370. The zero-order valence-corrected chi connectivity index (χ0v) is 11.4. The van der Waals surface area contributed by atoms with Crippen LogP contribution in [0, 0.1) is 0 Å². The zero-order valence-electron chi connectivity index (χ0n) is 11.4. The highest BCUT2D eigenvalue weighted by atomic mass is 16.2. The van der Waals surface area contributed by atoms with Gasteiger partial charge in [0, 0.05) is 26.8 Å². The second kappa shape index (κ2) is 4.79. The van der Waals surface area contributed by atoms with Crippen molar-refractivity contribution in [2.24, 2.45) is 0 Å². The van der Waals surface area contributed by atoms with E-state index in [2.05, 4.69) is 5.32 Å². The Morgan fingerprint density at radius 2 is 2.05 bits per heavy atom. The predicted octanol–water partition coefficient (Wildman–Crippen LogP) is 0.288. The highest BCUT2D eigenvalue weighted by molar-refractivity contribution is 6.01. The maximum atomic E-state index is 11.7. The minimum atomic E-state index is -0.0291. The Kier molecular flexibility index (Phi) is 3.33. The minimum Gasteiger partial charge on any atom is -0.397 e. The number of nitrogens with two attached hydrogens (primary N) is 1. The number of carbonyl (C=O) groups excluding carboxylic acids is 2. The number of likely N-dealkylation sites (N-methyl/N-ethyl adjacent to an activating group) is 2. The lowest BCUT2D eigenvalue weighted by atomic mass is 10.1. The quantitative estimate of drug-likeness (QED) is 0.767. The molecule has 1 heterocycles. The molecule has 0 bridgehead atoms. The van der Waals surface area contributed by atoms with Crippen molar-refractivity contribution in [1.82, 2.24) is 4.90 Å². The lowest BCUT2D eigenvalue weighted by Crippen LogP contribution is -2.34. The van der Waals surface area contributed by atoms with Gasteiger partial charge in [0.25, 0.3) is 0 Å². The van der Waals surface area contributed by atoms with E-state index >= 15 is 0 Å². The summed E-state index contributed by atoms with van der Waals surface area (Å²) in [6.45, 7) is 0.240. The largest absolute Gasteiger partial charge is 0.397 e. The number of hydrogen-bond acceptors (Lipinski definition) is 4. The van der Waals surface area contributed by atoms with Crippen molar-refractivity contribution >= 4 is 28.9 Å². The Balaban J connectivity index is 2.24. The number of nitrogens with one attached hydrogen (secondary N) is 1.